The van der Waals surface area contributed by atoms with Gasteiger partial charge in [0.1, 0.15) is 18.4 Å². The standard InChI is InChI=1S/C16H23NO3/c1-13(12-17-9-4-3-5-10-17)20-16(18)14-7-6-8-15(11-14)19-2/h6-8,11,13H,3-5,9-10,12H2,1-2H3/p+1/t13-/m0/s1. The summed E-state index contributed by atoms with van der Waals surface area (Å²) in [5.41, 5.74) is 0.546. The largest absolute Gasteiger partial charge is 0.497 e. The van der Waals surface area contributed by atoms with Crippen LogP contribution in [0.15, 0.2) is 24.3 Å². The zero-order valence-electron chi connectivity index (χ0n) is 12.4. The highest BCUT2D eigenvalue weighted by Crippen LogP contribution is 2.13. The molecule has 4 nitrogen and oxygen atoms in total. The highest BCUT2D eigenvalue weighted by atomic mass is 16.5. The van der Waals surface area contributed by atoms with Crippen molar-refractivity contribution in [1.29, 1.82) is 0 Å². The Bertz CT molecular complexity index is 441. The summed E-state index contributed by atoms with van der Waals surface area (Å²) in [7, 11) is 1.59. The normalized spacial score (nSPS) is 17.5. The summed E-state index contributed by atoms with van der Waals surface area (Å²) >= 11 is 0. The lowest BCUT2D eigenvalue weighted by molar-refractivity contribution is -0.907. The summed E-state index contributed by atoms with van der Waals surface area (Å²) in [5, 5.41) is 0. The number of ether oxygens (including phenoxy) is 2. The maximum atomic E-state index is 12.1. The van der Waals surface area contributed by atoms with Gasteiger partial charge in [0.25, 0.3) is 0 Å². The molecule has 1 N–H and O–H groups in total. The van der Waals surface area contributed by atoms with E-state index in [9.17, 15) is 4.79 Å². The van der Waals surface area contributed by atoms with Gasteiger partial charge in [-0.3, -0.25) is 0 Å². The Morgan fingerprint density at radius 2 is 2.05 bits per heavy atom. The van der Waals surface area contributed by atoms with Crippen molar-refractivity contribution in [2.24, 2.45) is 0 Å². The summed E-state index contributed by atoms with van der Waals surface area (Å²) < 4.78 is 10.6. The molecule has 0 amide bonds. The Morgan fingerprint density at radius 1 is 1.30 bits per heavy atom. The van der Waals surface area contributed by atoms with Crippen LogP contribution in [0.4, 0.5) is 0 Å². The van der Waals surface area contributed by atoms with E-state index in [2.05, 4.69) is 0 Å². The van der Waals surface area contributed by atoms with E-state index in [1.165, 1.54) is 32.4 Å². The quantitative estimate of drug-likeness (QED) is 0.826. The van der Waals surface area contributed by atoms with Crippen molar-refractivity contribution in [3.05, 3.63) is 29.8 Å². The van der Waals surface area contributed by atoms with E-state index in [4.69, 9.17) is 9.47 Å². The molecule has 1 aromatic rings. The van der Waals surface area contributed by atoms with Gasteiger partial charge in [0.15, 0.2) is 0 Å². The number of hydrogen-bond acceptors (Lipinski definition) is 3. The third-order valence-electron chi connectivity index (χ3n) is 3.75. The van der Waals surface area contributed by atoms with Crippen LogP contribution in [0.3, 0.4) is 0 Å². The molecule has 1 aliphatic heterocycles. The third-order valence-corrected chi connectivity index (χ3v) is 3.75. The smallest absolute Gasteiger partial charge is 0.338 e. The number of benzene rings is 1. The number of nitrogens with one attached hydrogen (secondary N) is 1. The molecule has 0 unspecified atom stereocenters. The molecule has 110 valence electrons. The number of rotatable bonds is 5. The number of piperidine rings is 1. The molecule has 0 spiro atoms. The molecule has 1 fully saturated rings. The number of quaternary nitrogens is 1. The van der Waals surface area contributed by atoms with Gasteiger partial charge in [-0.05, 0) is 44.4 Å². The van der Waals surface area contributed by atoms with Crippen molar-refractivity contribution >= 4 is 5.97 Å². The highest BCUT2D eigenvalue weighted by molar-refractivity contribution is 5.89. The predicted octanol–water partition coefficient (Wildman–Crippen LogP) is 1.31. The lowest BCUT2D eigenvalue weighted by Gasteiger charge is -2.26. The molecule has 1 atom stereocenters. The Hall–Kier alpha value is -1.55. The van der Waals surface area contributed by atoms with Crippen LogP contribution in [-0.2, 0) is 4.74 Å². The second-order valence-electron chi connectivity index (χ2n) is 5.46. The maximum Gasteiger partial charge on any atom is 0.338 e. The molecule has 20 heavy (non-hydrogen) atoms. The molecule has 1 saturated heterocycles. The number of esters is 1. The Balaban J connectivity index is 1.86. The molecule has 0 saturated carbocycles. The minimum absolute atomic E-state index is 0.0539. The van der Waals surface area contributed by atoms with Crippen molar-refractivity contribution in [1.82, 2.24) is 0 Å². The molecule has 2 rings (SSSR count). The van der Waals surface area contributed by atoms with Crippen LogP contribution in [0.5, 0.6) is 5.75 Å². The van der Waals surface area contributed by atoms with Crippen LogP contribution in [0.1, 0.15) is 36.5 Å². The average Bonchev–Trinajstić information content (AvgIpc) is 2.48. The first-order valence-electron chi connectivity index (χ1n) is 7.37. The van der Waals surface area contributed by atoms with Crippen LogP contribution in [0.25, 0.3) is 0 Å². The maximum absolute atomic E-state index is 12.1. The van der Waals surface area contributed by atoms with Crippen LogP contribution >= 0.6 is 0 Å². The summed E-state index contributed by atoms with van der Waals surface area (Å²) in [6.07, 6.45) is 3.85. The topological polar surface area (TPSA) is 40.0 Å². The summed E-state index contributed by atoms with van der Waals surface area (Å²) in [6.45, 7) is 5.26. The number of likely N-dealkylation sites (tertiary alicyclic amines) is 1. The minimum Gasteiger partial charge on any atom is -0.497 e. The van der Waals surface area contributed by atoms with Crippen molar-refractivity contribution in [3.8, 4) is 5.75 Å². The molecule has 0 aliphatic carbocycles. The van der Waals surface area contributed by atoms with E-state index in [0.29, 0.717) is 11.3 Å². The Kier molecular flexibility index (Phi) is 5.41. The van der Waals surface area contributed by atoms with Gasteiger partial charge in [-0.15, -0.1) is 0 Å². The Labute approximate surface area is 120 Å². The zero-order chi connectivity index (χ0) is 14.4. The van der Waals surface area contributed by atoms with Crippen LogP contribution in [0.2, 0.25) is 0 Å². The van der Waals surface area contributed by atoms with Gasteiger partial charge in [0, 0.05) is 0 Å². The second kappa shape index (κ2) is 7.29. The molecule has 1 aliphatic rings. The average molecular weight is 278 g/mol. The van der Waals surface area contributed by atoms with Crippen LogP contribution in [-0.4, -0.2) is 38.8 Å². The van der Waals surface area contributed by atoms with Crippen LogP contribution < -0.4 is 9.64 Å². The Morgan fingerprint density at radius 3 is 2.75 bits per heavy atom. The molecule has 1 aromatic carbocycles. The van der Waals surface area contributed by atoms with E-state index in [0.717, 1.165) is 6.54 Å². The monoisotopic (exact) mass is 278 g/mol. The summed E-state index contributed by atoms with van der Waals surface area (Å²) in [4.78, 5) is 13.6. The van der Waals surface area contributed by atoms with Gasteiger partial charge < -0.3 is 14.4 Å². The SMILES string of the molecule is COc1cccc(C(=O)O[C@@H](C)C[NH+]2CCCCC2)c1. The first-order chi connectivity index (χ1) is 9.69. The van der Waals surface area contributed by atoms with Gasteiger partial charge in [0.05, 0.1) is 25.8 Å². The van der Waals surface area contributed by atoms with E-state index < -0.39 is 0 Å². The van der Waals surface area contributed by atoms with Crippen molar-refractivity contribution < 1.29 is 19.2 Å². The predicted molar refractivity (Wildman–Crippen MR) is 77.3 cm³/mol. The first-order valence-corrected chi connectivity index (χ1v) is 7.37. The van der Waals surface area contributed by atoms with Gasteiger partial charge in [0.2, 0.25) is 0 Å². The molecule has 0 aromatic heterocycles. The second-order valence-corrected chi connectivity index (χ2v) is 5.46. The van der Waals surface area contributed by atoms with Gasteiger partial charge >= 0.3 is 5.97 Å². The number of carbonyl (C=O) groups excluding carboxylic acids is 1. The van der Waals surface area contributed by atoms with Crippen molar-refractivity contribution in [2.75, 3.05) is 26.7 Å². The molecule has 1 heterocycles. The fourth-order valence-electron chi connectivity index (χ4n) is 2.70. The minimum atomic E-state index is -0.271. The molecule has 0 radical (unpaired) electrons. The number of methoxy groups -OCH3 is 1. The number of hydrogen-bond donors (Lipinski definition) is 1. The van der Waals surface area contributed by atoms with E-state index >= 15 is 0 Å². The highest BCUT2D eigenvalue weighted by Gasteiger charge is 2.20. The first kappa shape index (κ1) is 14.9. The van der Waals surface area contributed by atoms with E-state index in [1.807, 2.05) is 13.0 Å². The van der Waals surface area contributed by atoms with E-state index in [-0.39, 0.29) is 12.1 Å². The lowest BCUT2D eigenvalue weighted by atomic mass is 10.1. The van der Waals surface area contributed by atoms with Gasteiger partial charge in [-0.1, -0.05) is 6.07 Å². The zero-order valence-corrected chi connectivity index (χ0v) is 12.4. The van der Waals surface area contributed by atoms with Gasteiger partial charge in [-0.2, -0.15) is 0 Å². The number of carbonyl (C=O) groups is 1. The van der Waals surface area contributed by atoms with E-state index in [1.54, 1.807) is 30.2 Å². The molecular formula is C16H24NO3+. The molecule has 4 heteroatoms. The van der Waals surface area contributed by atoms with Crippen molar-refractivity contribution in [3.63, 3.8) is 0 Å². The molecular weight excluding hydrogens is 254 g/mol. The summed E-state index contributed by atoms with van der Waals surface area (Å²) in [5.74, 6) is 0.404. The fourth-order valence-corrected chi connectivity index (χ4v) is 2.70. The van der Waals surface area contributed by atoms with Crippen molar-refractivity contribution in [2.45, 2.75) is 32.3 Å². The summed E-state index contributed by atoms with van der Waals surface area (Å²) in [6, 6.07) is 7.09. The third kappa shape index (κ3) is 4.23. The molecule has 0 bridgehead atoms. The van der Waals surface area contributed by atoms with Crippen LogP contribution in [0, 0.1) is 0 Å². The lowest BCUT2D eigenvalue weighted by Crippen LogP contribution is -3.13. The fraction of sp³-hybridized carbons (Fsp3) is 0.562. The van der Waals surface area contributed by atoms with Gasteiger partial charge in [-0.25, -0.2) is 4.79 Å².